The summed E-state index contributed by atoms with van der Waals surface area (Å²) < 4.78 is 5.15. The fourth-order valence-corrected chi connectivity index (χ4v) is 1.98. The van der Waals surface area contributed by atoms with Gasteiger partial charge in [0, 0.05) is 10.6 Å². The fraction of sp³-hybridized carbons (Fsp3) is 0.357. The zero-order valence-corrected chi connectivity index (χ0v) is 12.3. The van der Waals surface area contributed by atoms with E-state index in [4.69, 9.17) is 21.2 Å². The molecular formula is C14H16ClN3O3. The molecule has 0 radical (unpaired) electrons. The summed E-state index contributed by atoms with van der Waals surface area (Å²) in [5, 5.41) is 16.4. The Bertz CT molecular complexity index is 598. The summed E-state index contributed by atoms with van der Waals surface area (Å²) in [6.07, 6.45) is 1.34. The molecule has 2 aromatic rings. The lowest BCUT2D eigenvalue weighted by molar-refractivity contribution is -0.139. The molecule has 2 N–H and O–H groups in total. The fourth-order valence-electron chi connectivity index (χ4n) is 1.85. The number of benzene rings is 1. The molecule has 112 valence electrons. The highest BCUT2D eigenvalue weighted by molar-refractivity contribution is 6.30. The van der Waals surface area contributed by atoms with E-state index in [0.717, 1.165) is 12.0 Å². The smallest absolute Gasteiger partial charge is 0.320 e. The first kappa shape index (κ1) is 15.5. The molecule has 0 aliphatic rings. The van der Waals surface area contributed by atoms with Gasteiger partial charge in [0.15, 0.2) is 5.82 Å². The molecule has 0 spiro atoms. The van der Waals surface area contributed by atoms with Crippen molar-refractivity contribution in [1.29, 1.82) is 0 Å². The first-order valence-corrected chi connectivity index (χ1v) is 7.02. The van der Waals surface area contributed by atoms with Crippen molar-refractivity contribution >= 4 is 17.6 Å². The molecule has 1 aromatic carbocycles. The maximum absolute atomic E-state index is 11.0. The van der Waals surface area contributed by atoms with Gasteiger partial charge in [-0.3, -0.25) is 10.1 Å². The molecule has 6 nitrogen and oxygen atoms in total. The minimum Gasteiger partial charge on any atom is -0.480 e. The van der Waals surface area contributed by atoms with Crippen LogP contribution in [0.2, 0.25) is 5.02 Å². The highest BCUT2D eigenvalue weighted by Crippen LogP contribution is 2.19. The highest BCUT2D eigenvalue weighted by Gasteiger charge is 2.17. The highest BCUT2D eigenvalue weighted by atomic mass is 35.5. The second-order valence-electron chi connectivity index (χ2n) is 4.58. The Morgan fingerprint density at radius 1 is 1.43 bits per heavy atom. The van der Waals surface area contributed by atoms with Gasteiger partial charge in [-0.15, -0.1) is 0 Å². The average molecular weight is 310 g/mol. The molecule has 0 saturated heterocycles. The first-order chi connectivity index (χ1) is 10.1. The van der Waals surface area contributed by atoms with E-state index in [1.54, 1.807) is 24.3 Å². The number of nitrogens with zero attached hydrogens (tertiary/aromatic N) is 2. The van der Waals surface area contributed by atoms with E-state index in [-0.39, 0.29) is 6.54 Å². The molecule has 0 bridgehead atoms. The molecule has 1 aromatic heterocycles. The van der Waals surface area contributed by atoms with Crippen LogP contribution in [0.4, 0.5) is 0 Å². The minimum atomic E-state index is -0.877. The summed E-state index contributed by atoms with van der Waals surface area (Å²) in [7, 11) is 0. The monoisotopic (exact) mass is 309 g/mol. The third-order valence-electron chi connectivity index (χ3n) is 2.94. The molecule has 0 fully saturated rings. The van der Waals surface area contributed by atoms with E-state index in [9.17, 15) is 4.79 Å². The lowest BCUT2D eigenvalue weighted by Crippen LogP contribution is -2.36. The van der Waals surface area contributed by atoms with Gasteiger partial charge in [-0.2, -0.15) is 4.98 Å². The quantitative estimate of drug-likeness (QED) is 0.817. The zero-order chi connectivity index (χ0) is 15.2. The lowest BCUT2D eigenvalue weighted by Gasteiger charge is -2.11. The van der Waals surface area contributed by atoms with Crippen molar-refractivity contribution < 1.29 is 14.4 Å². The van der Waals surface area contributed by atoms with Crippen LogP contribution in [0.3, 0.4) is 0 Å². The number of aliphatic carboxylic acids is 1. The van der Waals surface area contributed by atoms with Gasteiger partial charge in [-0.25, -0.2) is 0 Å². The van der Waals surface area contributed by atoms with Crippen molar-refractivity contribution in [2.45, 2.75) is 32.4 Å². The Kier molecular flexibility index (Phi) is 5.30. The van der Waals surface area contributed by atoms with Crippen LogP contribution in [0, 0.1) is 0 Å². The second kappa shape index (κ2) is 7.19. The van der Waals surface area contributed by atoms with Gasteiger partial charge in [-0.05, 0) is 30.7 Å². The number of hydrogen-bond acceptors (Lipinski definition) is 5. The number of hydrogen-bond donors (Lipinski definition) is 2. The Morgan fingerprint density at radius 2 is 2.14 bits per heavy atom. The van der Waals surface area contributed by atoms with Crippen molar-refractivity contribution in [2.24, 2.45) is 0 Å². The Morgan fingerprint density at radius 3 is 2.76 bits per heavy atom. The molecule has 0 aliphatic carbocycles. The number of carboxylic acids is 1. The van der Waals surface area contributed by atoms with Gasteiger partial charge in [0.05, 0.1) is 6.54 Å². The second-order valence-corrected chi connectivity index (χ2v) is 5.02. The first-order valence-electron chi connectivity index (χ1n) is 6.65. The van der Waals surface area contributed by atoms with Crippen LogP contribution in [0.25, 0.3) is 11.5 Å². The van der Waals surface area contributed by atoms with Gasteiger partial charge in [0.25, 0.3) is 5.89 Å². The number of carboxylic acid groups (broad SMARTS) is 1. The third-order valence-corrected chi connectivity index (χ3v) is 3.19. The van der Waals surface area contributed by atoms with E-state index in [2.05, 4.69) is 15.5 Å². The van der Waals surface area contributed by atoms with Gasteiger partial charge in [0.2, 0.25) is 0 Å². The lowest BCUT2D eigenvalue weighted by atomic mass is 10.2. The van der Waals surface area contributed by atoms with Crippen LogP contribution in [0.5, 0.6) is 0 Å². The third kappa shape index (κ3) is 4.27. The number of carbonyl (C=O) groups is 1. The molecule has 0 aliphatic heterocycles. The van der Waals surface area contributed by atoms with E-state index in [0.29, 0.717) is 23.2 Å². The van der Waals surface area contributed by atoms with Gasteiger partial charge in [-0.1, -0.05) is 30.1 Å². The molecule has 1 atom stereocenters. The topological polar surface area (TPSA) is 88.3 Å². The van der Waals surface area contributed by atoms with Gasteiger partial charge >= 0.3 is 5.97 Å². The Hall–Kier alpha value is -1.92. The van der Waals surface area contributed by atoms with Crippen LogP contribution in [-0.2, 0) is 11.3 Å². The average Bonchev–Trinajstić information content (AvgIpc) is 2.92. The van der Waals surface area contributed by atoms with Crippen molar-refractivity contribution in [2.75, 3.05) is 0 Å². The van der Waals surface area contributed by atoms with E-state index >= 15 is 0 Å². The van der Waals surface area contributed by atoms with Crippen molar-refractivity contribution in [3.63, 3.8) is 0 Å². The standard InChI is InChI=1S/C14H16ClN3O3/c1-2-3-11(14(19)20)16-8-12-17-13(21-18-12)9-4-6-10(15)7-5-9/h4-7,11,16H,2-3,8H2,1H3,(H,19,20). The molecule has 1 heterocycles. The number of aromatic nitrogens is 2. The number of halogens is 1. The van der Waals surface area contributed by atoms with Gasteiger partial charge in [0.1, 0.15) is 6.04 Å². The zero-order valence-electron chi connectivity index (χ0n) is 11.5. The largest absolute Gasteiger partial charge is 0.480 e. The van der Waals surface area contributed by atoms with Crippen LogP contribution < -0.4 is 5.32 Å². The van der Waals surface area contributed by atoms with Crippen LogP contribution in [-0.4, -0.2) is 27.3 Å². The predicted molar refractivity (Wildman–Crippen MR) is 77.9 cm³/mol. The van der Waals surface area contributed by atoms with Crippen molar-refractivity contribution in [3.05, 3.63) is 35.1 Å². The van der Waals surface area contributed by atoms with Gasteiger partial charge < -0.3 is 9.63 Å². The Balaban J connectivity index is 2.00. The molecular weight excluding hydrogens is 294 g/mol. The summed E-state index contributed by atoms with van der Waals surface area (Å²) in [5.74, 6) is -0.0774. The number of rotatable bonds is 7. The molecule has 21 heavy (non-hydrogen) atoms. The van der Waals surface area contributed by atoms with Crippen molar-refractivity contribution in [3.8, 4) is 11.5 Å². The van der Waals surface area contributed by atoms with Crippen molar-refractivity contribution in [1.82, 2.24) is 15.5 Å². The molecule has 0 saturated carbocycles. The van der Waals surface area contributed by atoms with Crippen LogP contribution in [0.1, 0.15) is 25.6 Å². The molecule has 0 amide bonds. The van der Waals surface area contributed by atoms with Crippen LogP contribution >= 0.6 is 11.6 Å². The maximum Gasteiger partial charge on any atom is 0.320 e. The van der Waals surface area contributed by atoms with E-state index < -0.39 is 12.0 Å². The Labute approximate surface area is 127 Å². The molecule has 2 rings (SSSR count). The SMILES string of the molecule is CCCC(NCc1noc(-c2ccc(Cl)cc2)n1)C(=O)O. The molecule has 7 heteroatoms. The van der Waals surface area contributed by atoms with Crippen LogP contribution in [0.15, 0.2) is 28.8 Å². The summed E-state index contributed by atoms with van der Waals surface area (Å²) in [6, 6.07) is 6.43. The van der Waals surface area contributed by atoms with E-state index in [1.165, 1.54) is 0 Å². The van der Waals surface area contributed by atoms with E-state index in [1.807, 2.05) is 6.92 Å². The summed E-state index contributed by atoms with van der Waals surface area (Å²) in [4.78, 5) is 15.3. The normalized spacial score (nSPS) is 12.3. The molecule has 1 unspecified atom stereocenters. The summed E-state index contributed by atoms with van der Waals surface area (Å²) >= 11 is 5.82. The minimum absolute atomic E-state index is 0.244. The summed E-state index contributed by atoms with van der Waals surface area (Å²) in [5.41, 5.74) is 0.765. The maximum atomic E-state index is 11.0. The number of nitrogens with one attached hydrogen (secondary N) is 1. The summed E-state index contributed by atoms with van der Waals surface area (Å²) in [6.45, 7) is 2.18. The predicted octanol–water partition coefficient (Wildman–Crippen LogP) is 2.73.